The van der Waals surface area contributed by atoms with Gasteiger partial charge in [-0.05, 0) is 11.6 Å². The normalized spacial score (nSPS) is 15.2. The van der Waals surface area contributed by atoms with Crippen molar-refractivity contribution >= 4 is 55.7 Å². The summed E-state index contributed by atoms with van der Waals surface area (Å²) in [4.78, 5) is 2.77. The lowest BCUT2D eigenvalue weighted by Crippen LogP contribution is -2.43. The average molecular weight is 396 g/mol. The molecule has 0 spiro atoms. The SMILES string of the molecule is O=S(=O)(NC(c1c[nH]c2ccccc12)C(Cl)(Cl)Cl)C(F)(F)F. The van der Waals surface area contributed by atoms with Gasteiger partial charge in [-0.2, -0.15) is 17.9 Å². The van der Waals surface area contributed by atoms with E-state index in [0.29, 0.717) is 10.9 Å². The Morgan fingerprint density at radius 3 is 2.27 bits per heavy atom. The fourth-order valence-electron chi connectivity index (χ4n) is 1.86. The smallest absolute Gasteiger partial charge is 0.361 e. The van der Waals surface area contributed by atoms with Crippen molar-refractivity contribution in [3.8, 4) is 0 Å². The summed E-state index contributed by atoms with van der Waals surface area (Å²) in [6.45, 7) is 0. The van der Waals surface area contributed by atoms with Gasteiger partial charge in [0.2, 0.25) is 3.79 Å². The lowest BCUT2D eigenvalue weighted by Gasteiger charge is -2.25. The molecule has 0 fully saturated rings. The number of alkyl halides is 6. The summed E-state index contributed by atoms with van der Waals surface area (Å²) in [6.07, 6.45) is 1.29. The standard InChI is InChI=1S/C11H8Cl3F3N2O2S/c12-10(13,14)9(19-22(20,21)11(15,16)17)7-5-18-8-4-2-1-3-6(7)8/h1-5,9,18-19H. The number of para-hydroxylation sites is 1. The average Bonchev–Trinajstić information content (AvgIpc) is 2.77. The maximum Gasteiger partial charge on any atom is 0.511 e. The first kappa shape index (κ1) is 17.7. The van der Waals surface area contributed by atoms with E-state index in [2.05, 4.69) is 4.98 Å². The second-order valence-electron chi connectivity index (χ2n) is 4.33. The van der Waals surface area contributed by atoms with Crippen LogP contribution in [0.5, 0.6) is 0 Å². The number of fused-ring (bicyclic) bond motifs is 1. The van der Waals surface area contributed by atoms with E-state index in [-0.39, 0.29) is 5.56 Å². The lowest BCUT2D eigenvalue weighted by molar-refractivity contribution is -0.0450. The van der Waals surface area contributed by atoms with Crippen LogP contribution in [0, 0.1) is 0 Å². The topological polar surface area (TPSA) is 62.0 Å². The third-order valence-corrected chi connectivity index (χ3v) is 4.65. The van der Waals surface area contributed by atoms with Gasteiger partial charge in [0.1, 0.15) is 0 Å². The Hall–Kier alpha value is -0.670. The number of benzene rings is 1. The van der Waals surface area contributed by atoms with Gasteiger partial charge in [-0.15, -0.1) is 0 Å². The van der Waals surface area contributed by atoms with Gasteiger partial charge >= 0.3 is 15.5 Å². The summed E-state index contributed by atoms with van der Waals surface area (Å²) >= 11 is 17.0. The van der Waals surface area contributed by atoms with Gasteiger partial charge in [-0.1, -0.05) is 53.0 Å². The Morgan fingerprint density at radius 1 is 1.14 bits per heavy atom. The molecule has 22 heavy (non-hydrogen) atoms. The zero-order valence-electron chi connectivity index (χ0n) is 10.5. The highest BCUT2D eigenvalue weighted by Gasteiger charge is 2.50. The third kappa shape index (κ3) is 3.46. The zero-order valence-corrected chi connectivity index (χ0v) is 13.5. The van der Waals surface area contributed by atoms with Crippen molar-refractivity contribution in [1.82, 2.24) is 9.71 Å². The number of rotatable bonds is 3. The van der Waals surface area contributed by atoms with E-state index in [0.717, 1.165) is 0 Å². The molecule has 1 aromatic heterocycles. The van der Waals surface area contributed by atoms with Crippen LogP contribution in [0.25, 0.3) is 10.9 Å². The Labute approximate surface area is 138 Å². The van der Waals surface area contributed by atoms with Crippen LogP contribution in [0.3, 0.4) is 0 Å². The van der Waals surface area contributed by atoms with Crippen LogP contribution >= 0.6 is 34.8 Å². The van der Waals surface area contributed by atoms with E-state index in [1.165, 1.54) is 10.9 Å². The lowest BCUT2D eigenvalue weighted by atomic mass is 10.1. The Bertz CT molecular complexity index is 784. The summed E-state index contributed by atoms with van der Waals surface area (Å²) in [5, 5.41) is 0.434. The van der Waals surface area contributed by atoms with E-state index in [1.54, 1.807) is 24.3 Å². The maximum absolute atomic E-state index is 12.5. The number of sulfonamides is 1. The molecule has 0 saturated heterocycles. The van der Waals surface area contributed by atoms with Gasteiger partial charge in [0.25, 0.3) is 0 Å². The van der Waals surface area contributed by atoms with Crippen molar-refractivity contribution in [3.63, 3.8) is 0 Å². The highest BCUT2D eigenvalue weighted by atomic mass is 35.6. The summed E-state index contributed by atoms with van der Waals surface area (Å²) in [5.74, 6) is 0. The zero-order chi connectivity index (χ0) is 16.8. The van der Waals surface area contributed by atoms with Crippen LogP contribution < -0.4 is 4.72 Å². The van der Waals surface area contributed by atoms with Crippen molar-refractivity contribution in [3.05, 3.63) is 36.0 Å². The number of hydrogen-bond acceptors (Lipinski definition) is 2. The first-order chi connectivity index (χ1) is 9.93. The second kappa shape index (κ2) is 5.76. The Balaban J connectivity index is 2.54. The van der Waals surface area contributed by atoms with Gasteiger partial charge in [-0.3, -0.25) is 0 Å². The molecular weight excluding hydrogens is 388 g/mol. The predicted octanol–water partition coefficient (Wildman–Crippen LogP) is 4.02. The molecule has 2 N–H and O–H groups in total. The molecule has 1 unspecified atom stereocenters. The largest absolute Gasteiger partial charge is 0.511 e. The molecule has 0 saturated carbocycles. The Kier molecular flexibility index (Phi) is 4.63. The minimum absolute atomic E-state index is 0.0865. The number of nitrogens with one attached hydrogen (secondary N) is 2. The maximum atomic E-state index is 12.5. The van der Waals surface area contributed by atoms with Crippen molar-refractivity contribution < 1.29 is 21.6 Å². The second-order valence-corrected chi connectivity index (χ2v) is 8.41. The van der Waals surface area contributed by atoms with Gasteiger partial charge in [-0.25, -0.2) is 8.42 Å². The third-order valence-electron chi connectivity index (χ3n) is 2.84. The summed E-state index contributed by atoms with van der Waals surface area (Å²) in [7, 11) is -5.69. The van der Waals surface area contributed by atoms with E-state index < -0.39 is 25.4 Å². The highest BCUT2D eigenvalue weighted by Crippen LogP contribution is 2.43. The van der Waals surface area contributed by atoms with Gasteiger partial charge in [0.15, 0.2) is 0 Å². The molecular formula is C11H8Cl3F3N2O2S. The van der Waals surface area contributed by atoms with Gasteiger partial charge in [0.05, 0.1) is 6.04 Å². The summed E-state index contributed by atoms with van der Waals surface area (Å²) in [6, 6.07) is 4.79. The van der Waals surface area contributed by atoms with Crippen LogP contribution in [0.1, 0.15) is 11.6 Å². The quantitative estimate of drug-likeness (QED) is 0.771. The fourth-order valence-corrected chi connectivity index (χ4v) is 3.32. The van der Waals surface area contributed by atoms with Gasteiger partial charge < -0.3 is 4.98 Å². The number of aromatic amines is 1. The molecule has 2 aromatic rings. The van der Waals surface area contributed by atoms with Crippen LogP contribution in [0.2, 0.25) is 0 Å². The first-order valence-electron chi connectivity index (χ1n) is 5.65. The molecule has 1 aromatic carbocycles. The number of H-pyrrole nitrogens is 1. The van der Waals surface area contributed by atoms with Crippen LogP contribution in [-0.2, 0) is 10.0 Å². The van der Waals surface area contributed by atoms with Crippen LogP contribution in [0.4, 0.5) is 13.2 Å². The number of hydrogen-bond donors (Lipinski definition) is 2. The van der Waals surface area contributed by atoms with Crippen LogP contribution in [-0.4, -0.2) is 22.7 Å². The fraction of sp³-hybridized carbons (Fsp3) is 0.273. The monoisotopic (exact) mass is 394 g/mol. The molecule has 122 valence electrons. The van der Waals surface area contributed by atoms with Crippen molar-refractivity contribution in [2.75, 3.05) is 0 Å². The molecule has 4 nitrogen and oxygen atoms in total. The molecule has 0 bridgehead atoms. The minimum Gasteiger partial charge on any atom is -0.361 e. The molecule has 0 aliphatic rings. The van der Waals surface area contributed by atoms with Crippen molar-refractivity contribution in [2.24, 2.45) is 0 Å². The summed E-state index contributed by atoms with van der Waals surface area (Å²) < 4.78 is 59.4. The highest BCUT2D eigenvalue weighted by molar-refractivity contribution is 7.90. The van der Waals surface area contributed by atoms with Crippen molar-refractivity contribution in [1.29, 1.82) is 0 Å². The summed E-state index contributed by atoms with van der Waals surface area (Å²) in [5.41, 5.74) is -4.88. The molecule has 0 amide bonds. The van der Waals surface area contributed by atoms with E-state index >= 15 is 0 Å². The molecule has 0 radical (unpaired) electrons. The predicted molar refractivity (Wildman–Crippen MR) is 79.4 cm³/mol. The number of aromatic nitrogens is 1. The van der Waals surface area contributed by atoms with E-state index in [4.69, 9.17) is 34.8 Å². The first-order valence-corrected chi connectivity index (χ1v) is 8.26. The number of halogens is 6. The molecule has 0 aliphatic heterocycles. The minimum atomic E-state index is -5.69. The molecule has 1 heterocycles. The van der Waals surface area contributed by atoms with Crippen molar-refractivity contribution in [2.45, 2.75) is 15.3 Å². The van der Waals surface area contributed by atoms with E-state index in [9.17, 15) is 21.6 Å². The molecule has 0 aliphatic carbocycles. The molecule has 11 heteroatoms. The van der Waals surface area contributed by atoms with E-state index in [1.807, 2.05) is 0 Å². The molecule has 2 rings (SSSR count). The molecule has 1 atom stereocenters. The van der Waals surface area contributed by atoms with Crippen LogP contribution in [0.15, 0.2) is 30.5 Å². The van der Waals surface area contributed by atoms with Gasteiger partial charge in [0, 0.05) is 17.1 Å². The Morgan fingerprint density at radius 2 is 1.73 bits per heavy atom.